The molecule has 0 atom stereocenters. The van der Waals surface area contributed by atoms with Gasteiger partial charge in [0.05, 0.1) is 16.1 Å². The van der Waals surface area contributed by atoms with Gasteiger partial charge in [-0.05, 0) is 36.8 Å². The van der Waals surface area contributed by atoms with Crippen molar-refractivity contribution in [1.29, 1.82) is 0 Å². The molecule has 2 rings (SSSR count). The predicted octanol–water partition coefficient (Wildman–Crippen LogP) is 4.47. The molecule has 0 aliphatic carbocycles. The highest BCUT2D eigenvalue weighted by atomic mass is 35.5. The molecule has 0 unspecified atom stereocenters. The SMILES string of the molecule is Cc1ccccc1NS(=O)(=O)c1ccc(Cl)cc1C(F)(F)F. The molecule has 0 amide bonds. The molecular weight excluding hydrogens is 339 g/mol. The Morgan fingerprint density at radius 2 is 1.73 bits per heavy atom. The Morgan fingerprint density at radius 1 is 1.09 bits per heavy atom. The van der Waals surface area contributed by atoms with Gasteiger partial charge in [0.1, 0.15) is 0 Å². The van der Waals surface area contributed by atoms with E-state index < -0.39 is 26.7 Å². The number of hydrogen-bond donors (Lipinski definition) is 1. The summed E-state index contributed by atoms with van der Waals surface area (Å²) in [5.41, 5.74) is -0.500. The number of nitrogens with one attached hydrogen (secondary N) is 1. The van der Waals surface area contributed by atoms with Gasteiger partial charge in [-0.1, -0.05) is 29.8 Å². The number of aryl methyl sites for hydroxylation is 1. The van der Waals surface area contributed by atoms with Crippen molar-refractivity contribution in [2.75, 3.05) is 4.72 Å². The molecule has 118 valence electrons. The van der Waals surface area contributed by atoms with E-state index in [4.69, 9.17) is 11.6 Å². The maximum absolute atomic E-state index is 13.0. The Labute approximate surface area is 130 Å². The van der Waals surface area contributed by atoms with Crippen LogP contribution in [0.5, 0.6) is 0 Å². The summed E-state index contributed by atoms with van der Waals surface area (Å²) in [7, 11) is -4.40. The van der Waals surface area contributed by atoms with E-state index in [1.165, 1.54) is 6.07 Å². The molecule has 0 spiro atoms. The van der Waals surface area contributed by atoms with Gasteiger partial charge in [0.25, 0.3) is 10.0 Å². The minimum atomic E-state index is -4.83. The highest BCUT2D eigenvalue weighted by molar-refractivity contribution is 7.92. The van der Waals surface area contributed by atoms with E-state index >= 15 is 0 Å². The molecule has 0 saturated heterocycles. The van der Waals surface area contributed by atoms with Gasteiger partial charge < -0.3 is 0 Å². The molecule has 2 aromatic rings. The first kappa shape index (κ1) is 16.6. The lowest BCUT2D eigenvalue weighted by molar-refractivity contribution is -0.139. The third-order valence-corrected chi connectivity index (χ3v) is 4.58. The van der Waals surface area contributed by atoms with E-state index in [0.29, 0.717) is 11.6 Å². The molecule has 1 N–H and O–H groups in total. The third-order valence-electron chi connectivity index (χ3n) is 2.93. The summed E-state index contributed by atoms with van der Waals surface area (Å²) >= 11 is 5.54. The lowest BCUT2D eigenvalue weighted by Gasteiger charge is -2.15. The van der Waals surface area contributed by atoms with Crippen LogP contribution in [0.4, 0.5) is 18.9 Å². The molecule has 2 aromatic carbocycles. The van der Waals surface area contributed by atoms with Crippen LogP contribution in [0.25, 0.3) is 0 Å². The zero-order valence-electron chi connectivity index (χ0n) is 11.3. The average Bonchev–Trinajstić information content (AvgIpc) is 2.40. The number of para-hydroxylation sites is 1. The number of alkyl halides is 3. The largest absolute Gasteiger partial charge is 0.417 e. The Balaban J connectivity index is 2.53. The predicted molar refractivity (Wildman–Crippen MR) is 78.4 cm³/mol. The molecule has 0 bridgehead atoms. The summed E-state index contributed by atoms with van der Waals surface area (Å²) in [6.45, 7) is 1.64. The van der Waals surface area contributed by atoms with Crippen molar-refractivity contribution >= 4 is 27.3 Å². The van der Waals surface area contributed by atoms with Gasteiger partial charge in [0.2, 0.25) is 0 Å². The smallest absolute Gasteiger partial charge is 0.279 e. The molecule has 0 aromatic heterocycles. The minimum Gasteiger partial charge on any atom is -0.279 e. The monoisotopic (exact) mass is 349 g/mol. The summed E-state index contributed by atoms with van der Waals surface area (Å²) in [6.07, 6.45) is -4.83. The molecular formula is C14H11ClF3NO2S. The van der Waals surface area contributed by atoms with E-state index in [-0.39, 0.29) is 10.7 Å². The average molecular weight is 350 g/mol. The van der Waals surface area contributed by atoms with Crippen LogP contribution in [-0.4, -0.2) is 8.42 Å². The van der Waals surface area contributed by atoms with E-state index in [2.05, 4.69) is 4.72 Å². The Morgan fingerprint density at radius 3 is 2.32 bits per heavy atom. The summed E-state index contributed by atoms with van der Waals surface area (Å²) in [5, 5.41) is -0.192. The van der Waals surface area contributed by atoms with Crippen LogP contribution in [0.1, 0.15) is 11.1 Å². The van der Waals surface area contributed by atoms with Gasteiger partial charge in [-0.15, -0.1) is 0 Å². The van der Waals surface area contributed by atoms with Crippen molar-refractivity contribution < 1.29 is 21.6 Å². The molecule has 3 nitrogen and oxygen atoms in total. The fraction of sp³-hybridized carbons (Fsp3) is 0.143. The van der Waals surface area contributed by atoms with Gasteiger partial charge in [-0.2, -0.15) is 13.2 Å². The summed E-state index contributed by atoms with van der Waals surface area (Å²) in [6, 6.07) is 8.91. The molecule has 0 saturated carbocycles. The zero-order valence-corrected chi connectivity index (χ0v) is 12.9. The number of rotatable bonds is 3. The maximum atomic E-state index is 13.0. The highest BCUT2D eigenvalue weighted by Gasteiger charge is 2.37. The zero-order chi connectivity index (χ0) is 16.5. The first-order chi connectivity index (χ1) is 10.1. The van der Waals surface area contributed by atoms with Crippen LogP contribution in [0.2, 0.25) is 5.02 Å². The number of hydrogen-bond acceptors (Lipinski definition) is 2. The number of anilines is 1. The minimum absolute atomic E-state index is 0.192. The number of sulfonamides is 1. The van der Waals surface area contributed by atoms with Gasteiger partial charge in [0, 0.05) is 5.02 Å². The lowest BCUT2D eigenvalue weighted by Crippen LogP contribution is -2.19. The van der Waals surface area contributed by atoms with Crippen LogP contribution in [0.3, 0.4) is 0 Å². The fourth-order valence-corrected chi connectivity index (χ4v) is 3.36. The summed E-state index contributed by atoms with van der Waals surface area (Å²) < 4.78 is 65.8. The van der Waals surface area contributed by atoms with Crippen molar-refractivity contribution in [3.05, 3.63) is 58.6 Å². The topological polar surface area (TPSA) is 46.2 Å². The molecule has 0 radical (unpaired) electrons. The second-order valence-electron chi connectivity index (χ2n) is 4.56. The maximum Gasteiger partial charge on any atom is 0.417 e. The Hall–Kier alpha value is -1.73. The second-order valence-corrected chi connectivity index (χ2v) is 6.65. The van der Waals surface area contributed by atoms with E-state index in [9.17, 15) is 21.6 Å². The van der Waals surface area contributed by atoms with E-state index in [0.717, 1.165) is 12.1 Å². The van der Waals surface area contributed by atoms with Crippen molar-refractivity contribution in [3.63, 3.8) is 0 Å². The van der Waals surface area contributed by atoms with Crippen molar-refractivity contribution in [1.82, 2.24) is 0 Å². The first-order valence-corrected chi connectivity index (χ1v) is 7.92. The quantitative estimate of drug-likeness (QED) is 0.888. The van der Waals surface area contributed by atoms with Crippen LogP contribution < -0.4 is 4.72 Å². The number of halogens is 4. The lowest BCUT2D eigenvalue weighted by atomic mass is 10.2. The molecule has 0 aliphatic rings. The summed E-state index contributed by atoms with van der Waals surface area (Å²) in [4.78, 5) is -0.868. The summed E-state index contributed by atoms with van der Waals surface area (Å²) in [5.74, 6) is 0. The van der Waals surface area contributed by atoms with Crippen LogP contribution in [0.15, 0.2) is 47.4 Å². The third kappa shape index (κ3) is 3.53. The fourth-order valence-electron chi connectivity index (χ4n) is 1.85. The van der Waals surface area contributed by atoms with Crippen molar-refractivity contribution in [2.45, 2.75) is 18.0 Å². The standard InChI is InChI=1S/C14H11ClF3NO2S/c1-9-4-2-3-5-12(9)19-22(20,21)13-7-6-10(15)8-11(13)14(16,17)18/h2-8,19H,1H3. The van der Waals surface area contributed by atoms with Crippen molar-refractivity contribution in [3.8, 4) is 0 Å². The number of benzene rings is 2. The first-order valence-electron chi connectivity index (χ1n) is 6.06. The normalized spacial score (nSPS) is 12.2. The van der Waals surface area contributed by atoms with Crippen LogP contribution >= 0.6 is 11.6 Å². The molecule has 22 heavy (non-hydrogen) atoms. The van der Waals surface area contributed by atoms with Gasteiger partial charge in [-0.3, -0.25) is 4.72 Å². The molecule has 0 aliphatic heterocycles. The van der Waals surface area contributed by atoms with Gasteiger partial charge in [0.15, 0.2) is 0 Å². The van der Waals surface area contributed by atoms with Gasteiger partial charge >= 0.3 is 6.18 Å². The van der Waals surface area contributed by atoms with Crippen LogP contribution in [0, 0.1) is 6.92 Å². The van der Waals surface area contributed by atoms with E-state index in [1.807, 2.05) is 0 Å². The molecule has 0 heterocycles. The van der Waals surface area contributed by atoms with Gasteiger partial charge in [-0.25, -0.2) is 8.42 Å². The van der Waals surface area contributed by atoms with Crippen molar-refractivity contribution in [2.24, 2.45) is 0 Å². The molecule has 8 heteroatoms. The Bertz CT molecular complexity index is 804. The van der Waals surface area contributed by atoms with Crippen LogP contribution in [-0.2, 0) is 16.2 Å². The highest BCUT2D eigenvalue weighted by Crippen LogP contribution is 2.36. The second kappa shape index (κ2) is 5.81. The Kier molecular flexibility index (Phi) is 4.39. The van der Waals surface area contributed by atoms with E-state index in [1.54, 1.807) is 25.1 Å². The molecule has 0 fully saturated rings.